The van der Waals surface area contributed by atoms with Crippen molar-refractivity contribution in [3.05, 3.63) is 21.4 Å². The summed E-state index contributed by atoms with van der Waals surface area (Å²) in [6, 6.07) is 0. The van der Waals surface area contributed by atoms with E-state index in [1.54, 1.807) is 10.4 Å². The highest BCUT2D eigenvalue weighted by molar-refractivity contribution is 7.10. The Morgan fingerprint density at radius 2 is 2.40 bits per heavy atom. The molecule has 2 heteroatoms. The molecule has 54 valence electrons. The minimum absolute atomic E-state index is 0.700. The summed E-state index contributed by atoms with van der Waals surface area (Å²) in [6.45, 7) is 0. The third-order valence-electron chi connectivity index (χ3n) is 2.04. The molecule has 10 heavy (non-hydrogen) atoms. The third-order valence-corrected chi connectivity index (χ3v) is 3.47. The third kappa shape index (κ3) is 0.886. The van der Waals surface area contributed by atoms with Gasteiger partial charge in [-0.2, -0.15) is 0 Å². The van der Waals surface area contributed by atoms with Crippen molar-refractivity contribution in [2.75, 3.05) is 0 Å². The molecule has 0 unspecified atom stereocenters. The number of fused-ring (bicyclic) bond motifs is 1. The van der Waals surface area contributed by atoms with Gasteiger partial charge in [-0.3, -0.25) is 0 Å². The summed E-state index contributed by atoms with van der Waals surface area (Å²) in [7, 11) is 0. The van der Waals surface area contributed by atoms with Crippen molar-refractivity contribution >= 4 is 22.9 Å². The average Bonchev–Trinajstić information content (AvgIpc) is 2.44. The maximum atomic E-state index is 5.76. The van der Waals surface area contributed by atoms with Crippen molar-refractivity contribution in [3.8, 4) is 0 Å². The molecule has 1 aliphatic rings. The zero-order valence-corrected chi connectivity index (χ0v) is 7.26. The molecule has 0 amide bonds. The smallest absolute Gasteiger partial charge is 0.0485 e. The standard InChI is InChI=1S/C8H9ClS/c9-4-6-5-10-8-3-1-2-7(6)8/h5H,1-4H2. The lowest BCUT2D eigenvalue weighted by Gasteiger charge is -1.91. The highest BCUT2D eigenvalue weighted by atomic mass is 35.5. The van der Waals surface area contributed by atoms with E-state index in [1.807, 2.05) is 11.3 Å². The van der Waals surface area contributed by atoms with Crippen LogP contribution in [0, 0.1) is 0 Å². The van der Waals surface area contributed by atoms with Crippen molar-refractivity contribution < 1.29 is 0 Å². The van der Waals surface area contributed by atoms with E-state index in [4.69, 9.17) is 11.6 Å². The first-order valence-electron chi connectivity index (χ1n) is 3.56. The predicted octanol–water partition coefficient (Wildman–Crippen LogP) is 2.98. The molecule has 0 saturated carbocycles. The van der Waals surface area contributed by atoms with Gasteiger partial charge >= 0.3 is 0 Å². The summed E-state index contributed by atoms with van der Waals surface area (Å²) in [6.07, 6.45) is 3.89. The number of rotatable bonds is 1. The molecular formula is C8H9ClS. The summed E-state index contributed by atoms with van der Waals surface area (Å²) >= 11 is 7.64. The van der Waals surface area contributed by atoms with E-state index in [0.717, 1.165) is 0 Å². The second kappa shape index (κ2) is 2.55. The van der Waals surface area contributed by atoms with Crippen LogP contribution in [0.15, 0.2) is 5.38 Å². The van der Waals surface area contributed by atoms with Gasteiger partial charge in [0.1, 0.15) is 0 Å². The molecule has 1 heterocycles. The van der Waals surface area contributed by atoms with Gasteiger partial charge in [0.05, 0.1) is 0 Å². The second-order valence-corrected chi connectivity index (χ2v) is 3.88. The normalized spacial score (nSPS) is 15.7. The van der Waals surface area contributed by atoms with E-state index in [1.165, 1.54) is 24.8 Å². The molecule has 0 saturated heterocycles. The van der Waals surface area contributed by atoms with Crippen LogP contribution in [0.3, 0.4) is 0 Å². The SMILES string of the molecule is ClCc1csc2c1CCC2. The van der Waals surface area contributed by atoms with Crippen LogP contribution in [0.25, 0.3) is 0 Å². The lowest BCUT2D eigenvalue weighted by Crippen LogP contribution is -1.80. The van der Waals surface area contributed by atoms with Gasteiger partial charge in [0.25, 0.3) is 0 Å². The number of hydrogen-bond donors (Lipinski definition) is 0. The zero-order valence-electron chi connectivity index (χ0n) is 5.69. The average molecular weight is 173 g/mol. The minimum Gasteiger partial charge on any atom is -0.148 e. The topological polar surface area (TPSA) is 0 Å². The van der Waals surface area contributed by atoms with E-state index >= 15 is 0 Å². The summed E-state index contributed by atoms with van der Waals surface area (Å²) in [4.78, 5) is 1.58. The lowest BCUT2D eigenvalue weighted by molar-refractivity contribution is 0.911. The molecule has 1 aromatic heterocycles. The highest BCUT2D eigenvalue weighted by Gasteiger charge is 2.15. The number of halogens is 1. The summed E-state index contributed by atoms with van der Waals surface area (Å²) in [5.41, 5.74) is 2.93. The molecule has 0 spiro atoms. The molecule has 2 rings (SSSR count). The van der Waals surface area contributed by atoms with Crippen LogP contribution in [0.2, 0.25) is 0 Å². The van der Waals surface area contributed by atoms with Crippen LogP contribution in [0.5, 0.6) is 0 Å². The van der Waals surface area contributed by atoms with E-state index in [-0.39, 0.29) is 0 Å². The Kier molecular flexibility index (Phi) is 1.71. The molecule has 1 aromatic rings. The summed E-state index contributed by atoms with van der Waals surface area (Å²) in [5.74, 6) is 0.700. The molecule has 1 aliphatic carbocycles. The number of alkyl halides is 1. The fraction of sp³-hybridized carbons (Fsp3) is 0.500. The van der Waals surface area contributed by atoms with Gasteiger partial charge in [0, 0.05) is 10.8 Å². The van der Waals surface area contributed by atoms with Gasteiger partial charge in [-0.15, -0.1) is 22.9 Å². The quantitative estimate of drug-likeness (QED) is 0.572. The van der Waals surface area contributed by atoms with E-state index in [0.29, 0.717) is 5.88 Å². The van der Waals surface area contributed by atoms with Crippen molar-refractivity contribution in [1.82, 2.24) is 0 Å². The maximum absolute atomic E-state index is 5.76. The van der Waals surface area contributed by atoms with Gasteiger partial charge in [0.2, 0.25) is 0 Å². The summed E-state index contributed by atoms with van der Waals surface area (Å²) in [5, 5.41) is 2.21. The molecule has 0 radical (unpaired) electrons. The van der Waals surface area contributed by atoms with Gasteiger partial charge in [-0.25, -0.2) is 0 Å². The van der Waals surface area contributed by atoms with Crippen molar-refractivity contribution in [2.24, 2.45) is 0 Å². The highest BCUT2D eigenvalue weighted by Crippen LogP contribution is 2.31. The van der Waals surface area contributed by atoms with E-state index in [9.17, 15) is 0 Å². The fourth-order valence-electron chi connectivity index (χ4n) is 1.51. The number of hydrogen-bond acceptors (Lipinski definition) is 1. The Morgan fingerprint density at radius 3 is 3.20 bits per heavy atom. The van der Waals surface area contributed by atoms with Crippen LogP contribution in [-0.4, -0.2) is 0 Å². The second-order valence-electron chi connectivity index (χ2n) is 2.65. The predicted molar refractivity (Wildman–Crippen MR) is 45.9 cm³/mol. The molecular weight excluding hydrogens is 164 g/mol. The van der Waals surface area contributed by atoms with E-state index < -0.39 is 0 Å². The molecule has 0 fully saturated rings. The zero-order chi connectivity index (χ0) is 6.97. The van der Waals surface area contributed by atoms with Gasteiger partial charge in [0.15, 0.2) is 0 Å². The lowest BCUT2D eigenvalue weighted by atomic mass is 10.2. The Bertz CT molecular complexity index is 239. The van der Waals surface area contributed by atoms with Gasteiger partial charge in [-0.05, 0) is 35.8 Å². The molecule has 0 atom stereocenters. The van der Waals surface area contributed by atoms with Crippen molar-refractivity contribution in [2.45, 2.75) is 25.1 Å². The van der Waals surface area contributed by atoms with Gasteiger partial charge in [-0.1, -0.05) is 0 Å². The number of aryl methyl sites for hydroxylation is 1. The maximum Gasteiger partial charge on any atom is 0.0485 e. The minimum atomic E-state index is 0.700. The van der Waals surface area contributed by atoms with Gasteiger partial charge < -0.3 is 0 Å². The van der Waals surface area contributed by atoms with Crippen molar-refractivity contribution in [3.63, 3.8) is 0 Å². The van der Waals surface area contributed by atoms with Crippen LogP contribution in [-0.2, 0) is 18.7 Å². The Balaban J connectivity index is 2.44. The molecule has 0 aliphatic heterocycles. The van der Waals surface area contributed by atoms with Crippen molar-refractivity contribution in [1.29, 1.82) is 0 Å². The van der Waals surface area contributed by atoms with Crippen LogP contribution in [0.1, 0.15) is 22.4 Å². The Labute approximate surface area is 69.8 Å². The van der Waals surface area contributed by atoms with Crippen LogP contribution >= 0.6 is 22.9 Å². The first-order chi connectivity index (χ1) is 4.92. The largest absolute Gasteiger partial charge is 0.148 e. The first kappa shape index (κ1) is 6.68. The Morgan fingerprint density at radius 1 is 1.50 bits per heavy atom. The Hall–Kier alpha value is -0.0100. The van der Waals surface area contributed by atoms with Crippen LogP contribution in [0.4, 0.5) is 0 Å². The number of thiophene rings is 1. The monoisotopic (exact) mass is 172 g/mol. The first-order valence-corrected chi connectivity index (χ1v) is 4.97. The fourth-order valence-corrected chi connectivity index (χ4v) is 2.99. The van der Waals surface area contributed by atoms with Crippen LogP contribution < -0.4 is 0 Å². The molecule has 0 N–H and O–H groups in total. The molecule has 0 nitrogen and oxygen atoms in total. The molecule has 0 aromatic carbocycles. The van der Waals surface area contributed by atoms with E-state index in [2.05, 4.69) is 5.38 Å². The molecule has 0 bridgehead atoms. The summed E-state index contributed by atoms with van der Waals surface area (Å²) < 4.78 is 0.